The van der Waals surface area contributed by atoms with Crippen LogP contribution in [0.15, 0.2) is 24.3 Å². The third-order valence-corrected chi connectivity index (χ3v) is 3.37. The lowest BCUT2D eigenvalue weighted by molar-refractivity contribution is 0.0697. The third-order valence-electron chi connectivity index (χ3n) is 3.37. The fourth-order valence-electron chi connectivity index (χ4n) is 1.91. The first-order valence-corrected chi connectivity index (χ1v) is 6.26. The predicted octanol–water partition coefficient (Wildman–Crippen LogP) is 2.43. The van der Waals surface area contributed by atoms with Gasteiger partial charge in [0, 0.05) is 12.7 Å². The lowest BCUT2D eigenvalue weighted by Gasteiger charge is -2.20. The van der Waals surface area contributed by atoms with E-state index in [1.165, 1.54) is 12.1 Å². The first-order chi connectivity index (χ1) is 9.95. The molecule has 1 aromatic heterocycles. The van der Waals surface area contributed by atoms with E-state index in [2.05, 4.69) is 16.3 Å². The number of nitrogens with zero attached hydrogens (tertiary/aromatic N) is 4. The van der Waals surface area contributed by atoms with Crippen LogP contribution in [0, 0.1) is 25.2 Å². The number of hydrogen-bond acceptors (Lipinski definition) is 5. The van der Waals surface area contributed by atoms with Crippen LogP contribution in [0.25, 0.3) is 0 Å². The van der Waals surface area contributed by atoms with Gasteiger partial charge in [0.2, 0.25) is 0 Å². The van der Waals surface area contributed by atoms with Crippen molar-refractivity contribution in [1.29, 1.82) is 5.26 Å². The van der Waals surface area contributed by atoms with E-state index in [1.54, 1.807) is 31.0 Å². The minimum atomic E-state index is -0.979. The second-order valence-electron chi connectivity index (χ2n) is 4.63. The van der Waals surface area contributed by atoms with Crippen LogP contribution in [-0.4, -0.2) is 28.3 Å². The van der Waals surface area contributed by atoms with Crippen LogP contribution in [0.5, 0.6) is 0 Å². The number of aryl methyl sites for hydroxylation is 1. The standard InChI is InChI=1S/C15H14N4O2/c1-9-10(2)17-18-14(13(9)8-16)19(3)12-6-4-11(5-7-12)15(20)21/h4-7H,1-3H3,(H,20,21). The van der Waals surface area contributed by atoms with Crippen LogP contribution in [0.1, 0.15) is 27.2 Å². The lowest BCUT2D eigenvalue weighted by Crippen LogP contribution is -2.15. The summed E-state index contributed by atoms with van der Waals surface area (Å²) in [6.45, 7) is 3.63. The Morgan fingerprint density at radius 3 is 2.38 bits per heavy atom. The Hall–Kier alpha value is -2.94. The highest BCUT2D eigenvalue weighted by molar-refractivity contribution is 5.88. The molecule has 21 heavy (non-hydrogen) atoms. The molecule has 106 valence electrons. The van der Waals surface area contributed by atoms with Gasteiger partial charge in [-0.25, -0.2) is 4.79 Å². The summed E-state index contributed by atoms with van der Waals surface area (Å²) in [6, 6.07) is 8.50. The lowest BCUT2D eigenvalue weighted by atomic mass is 10.1. The highest BCUT2D eigenvalue weighted by atomic mass is 16.4. The molecule has 0 saturated carbocycles. The molecule has 0 atom stereocenters. The summed E-state index contributed by atoms with van der Waals surface area (Å²) in [4.78, 5) is 12.6. The minimum Gasteiger partial charge on any atom is -0.478 e. The van der Waals surface area contributed by atoms with E-state index in [0.29, 0.717) is 17.1 Å². The van der Waals surface area contributed by atoms with Gasteiger partial charge in [-0.05, 0) is 43.7 Å². The second kappa shape index (κ2) is 5.59. The highest BCUT2D eigenvalue weighted by Crippen LogP contribution is 2.26. The van der Waals surface area contributed by atoms with E-state index in [9.17, 15) is 10.1 Å². The van der Waals surface area contributed by atoms with Gasteiger partial charge in [-0.15, -0.1) is 5.10 Å². The van der Waals surface area contributed by atoms with Crippen LogP contribution in [-0.2, 0) is 0 Å². The van der Waals surface area contributed by atoms with E-state index in [1.807, 2.05) is 6.92 Å². The monoisotopic (exact) mass is 282 g/mol. The molecule has 0 unspecified atom stereocenters. The highest BCUT2D eigenvalue weighted by Gasteiger charge is 2.16. The van der Waals surface area contributed by atoms with Crippen molar-refractivity contribution >= 4 is 17.5 Å². The van der Waals surface area contributed by atoms with E-state index < -0.39 is 5.97 Å². The summed E-state index contributed by atoms with van der Waals surface area (Å²) in [7, 11) is 1.76. The molecule has 2 rings (SSSR count). The summed E-state index contributed by atoms with van der Waals surface area (Å²) in [5.41, 5.74) is 2.90. The third kappa shape index (κ3) is 2.67. The summed E-state index contributed by atoms with van der Waals surface area (Å²) < 4.78 is 0. The van der Waals surface area contributed by atoms with Crippen LogP contribution in [0.3, 0.4) is 0 Å². The fraction of sp³-hybridized carbons (Fsp3) is 0.200. The number of benzene rings is 1. The van der Waals surface area contributed by atoms with Crippen LogP contribution in [0.4, 0.5) is 11.5 Å². The van der Waals surface area contributed by atoms with Crippen LogP contribution in [0.2, 0.25) is 0 Å². The zero-order valence-electron chi connectivity index (χ0n) is 12.0. The minimum absolute atomic E-state index is 0.207. The van der Waals surface area contributed by atoms with E-state index in [0.717, 1.165) is 11.3 Å². The van der Waals surface area contributed by atoms with Crippen molar-refractivity contribution < 1.29 is 9.90 Å². The Morgan fingerprint density at radius 2 is 1.86 bits per heavy atom. The van der Waals surface area contributed by atoms with Gasteiger partial charge in [0.15, 0.2) is 5.82 Å². The Kier molecular flexibility index (Phi) is 3.85. The largest absolute Gasteiger partial charge is 0.478 e. The predicted molar refractivity (Wildman–Crippen MR) is 77.7 cm³/mol. The number of carboxylic acid groups (broad SMARTS) is 1. The average molecular weight is 282 g/mol. The molecular formula is C15H14N4O2. The molecular weight excluding hydrogens is 268 g/mol. The van der Waals surface area contributed by atoms with Gasteiger partial charge < -0.3 is 10.0 Å². The van der Waals surface area contributed by atoms with Crippen molar-refractivity contribution in [3.05, 3.63) is 46.6 Å². The maximum absolute atomic E-state index is 10.9. The zero-order chi connectivity index (χ0) is 15.6. The molecule has 1 aromatic carbocycles. The van der Waals surface area contributed by atoms with Gasteiger partial charge in [0.1, 0.15) is 11.6 Å². The Morgan fingerprint density at radius 1 is 1.24 bits per heavy atom. The van der Waals surface area contributed by atoms with Crippen LogP contribution >= 0.6 is 0 Å². The molecule has 0 fully saturated rings. The maximum atomic E-state index is 10.9. The molecule has 0 saturated heterocycles. The van der Waals surface area contributed by atoms with E-state index in [-0.39, 0.29) is 5.56 Å². The Labute approximate surface area is 122 Å². The Bertz CT molecular complexity index is 733. The molecule has 6 nitrogen and oxygen atoms in total. The number of carboxylic acids is 1. The van der Waals surface area contributed by atoms with Crippen molar-refractivity contribution in [2.45, 2.75) is 13.8 Å². The molecule has 1 N–H and O–H groups in total. The number of anilines is 2. The molecule has 0 spiro atoms. The van der Waals surface area contributed by atoms with Gasteiger partial charge in [0.05, 0.1) is 11.3 Å². The number of rotatable bonds is 3. The summed E-state index contributed by atoms with van der Waals surface area (Å²) in [6.07, 6.45) is 0. The van der Waals surface area contributed by atoms with E-state index >= 15 is 0 Å². The Balaban J connectivity index is 2.45. The van der Waals surface area contributed by atoms with Crippen molar-refractivity contribution in [2.75, 3.05) is 11.9 Å². The van der Waals surface area contributed by atoms with Gasteiger partial charge in [0.25, 0.3) is 0 Å². The average Bonchev–Trinajstić information content (AvgIpc) is 2.49. The summed E-state index contributed by atoms with van der Waals surface area (Å²) >= 11 is 0. The quantitative estimate of drug-likeness (QED) is 0.929. The number of nitriles is 1. The molecule has 0 radical (unpaired) electrons. The number of aromatic carboxylic acids is 1. The zero-order valence-corrected chi connectivity index (χ0v) is 12.0. The van der Waals surface area contributed by atoms with Crippen molar-refractivity contribution in [3.8, 4) is 6.07 Å². The molecule has 0 aliphatic carbocycles. The topological polar surface area (TPSA) is 90.1 Å². The first kappa shape index (κ1) is 14.5. The molecule has 0 aliphatic heterocycles. The number of hydrogen-bond donors (Lipinski definition) is 1. The van der Waals surface area contributed by atoms with Crippen molar-refractivity contribution in [1.82, 2.24) is 10.2 Å². The summed E-state index contributed by atoms with van der Waals surface area (Å²) in [5, 5.41) is 26.3. The van der Waals surface area contributed by atoms with E-state index in [4.69, 9.17) is 5.11 Å². The van der Waals surface area contributed by atoms with Gasteiger partial charge in [-0.3, -0.25) is 0 Å². The normalized spacial score (nSPS) is 10.0. The van der Waals surface area contributed by atoms with Crippen molar-refractivity contribution in [3.63, 3.8) is 0 Å². The second-order valence-corrected chi connectivity index (χ2v) is 4.63. The molecule has 6 heteroatoms. The first-order valence-electron chi connectivity index (χ1n) is 6.26. The SMILES string of the molecule is Cc1nnc(N(C)c2ccc(C(=O)O)cc2)c(C#N)c1C. The maximum Gasteiger partial charge on any atom is 0.335 e. The smallest absolute Gasteiger partial charge is 0.335 e. The fourth-order valence-corrected chi connectivity index (χ4v) is 1.91. The molecule has 0 amide bonds. The van der Waals surface area contributed by atoms with Gasteiger partial charge in [-0.2, -0.15) is 10.4 Å². The number of carbonyl (C=O) groups is 1. The number of aromatic nitrogens is 2. The van der Waals surface area contributed by atoms with Gasteiger partial charge >= 0.3 is 5.97 Å². The summed E-state index contributed by atoms with van der Waals surface area (Å²) in [5.74, 6) is -0.531. The van der Waals surface area contributed by atoms with Crippen LogP contribution < -0.4 is 4.90 Å². The van der Waals surface area contributed by atoms with Gasteiger partial charge in [-0.1, -0.05) is 0 Å². The molecule has 0 aliphatic rings. The molecule has 2 aromatic rings. The molecule has 1 heterocycles. The molecule has 0 bridgehead atoms. The van der Waals surface area contributed by atoms with Crippen molar-refractivity contribution in [2.24, 2.45) is 0 Å².